The van der Waals surface area contributed by atoms with E-state index < -0.39 is 5.97 Å². The number of esters is 1. The molecule has 1 aromatic heterocycles. The minimum atomic E-state index is -0.518. The first kappa shape index (κ1) is 14.7. The van der Waals surface area contributed by atoms with Gasteiger partial charge in [-0.25, -0.2) is 4.79 Å². The molecule has 1 heterocycles. The maximum atomic E-state index is 11.6. The highest BCUT2D eigenvalue weighted by Crippen LogP contribution is 2.18. The molecule has 0 aliphatic heterocycles. The second kappa shape index (κ2) is 6.53. The van der Waals surface area contributed by atoms with E-state index in [0.717, 1.165) is 0 Å². The topological polar surface area (TPSA) is 102 Å². The van der Waals surface area contributed by atoms with Crippen molar-refractivity contribution in [3.63, 3.8) is 0 Å². The van der Waals surface area contributed by atoms with E-state index in [0.29, 0.717) is 17.8 Å². The summed E-state index contributed by atoms with van der Waals surface area (Å²) in [5, 5.41) is 9.00. The van der Waals surface area contributed by atoms with Crippen molar-refractivity contribution in [1.29, 1.82) is 0 Å². The molecule has 8 heteroatoms. The van der Waals surface area contributed by atoms with Gasteiger partial charge in [-0.2, -0.15) is 5.10 Å². The Hall–Kier alpha value is -2.38. The Bertz CT molecular complexity index is 495. The summed E-state index contributed by atoms with van der Waals surface area (Å²) in [5.74, 6) is -0.512. The molecule has 1 rings (SSSR count). The molecule has 104 valence electrons. The predicted molar refractivity (Wildman–Crippen MR) is 66.6 cm³/mol. The maximum absolute atomic E-state index is 11.6. The fourth-order valence-corrected chi connectivity index (χ4v) is 1.57. The zero-order chi connectivity index (χ0) is 14.4. The van der Waals surface area contributed by atoms with Gasteiger partial charge in [0.15, 0.2) is 11.5 Å². The lowest BCUT2D eigenvalue weighted by atomic mass is 10.2. The lowest BCUT2D eigenvalue weighted by Crippen LogP contribution is -2.21. The Balaban J connectivity index is 2.77. The van der Waals surface area contributed by atoms with E-state index in [2.05, 4.69) is 20.5 Å². The van der Waals surface area contributed by atoms with E-state index in [1.807, 2.05) is 0 Å². The van der Waals surface area contributed by atoms with Gasteiger partial charge in [0, 0.05) is 25.6 Å². The van der Waals surface area contributed by atoms with Crippen LogP contribution in [-0.2, 0) is 21.4 Å². The van der Waals surface area contributed by atoms with Crippen LogP contribution in [0.3, 0.4) is 0 Å². The number of carbonyl (C=O) groups excluding carboxylic acids is 3. The van der Waals surface area contributed by atoms with Crippen molar-refractivity contribution < 1.29 is 19.1 Å². The van der Waals surface area contributed by atoms with Crippen LogP contribution in [0.5, 0.6) is 0 Å². The third-order valence-electron chi connectivity index (χ3n) is 2.50. The molecule has 0 saturated heterocycles. The molecule has 1 aromatic rings. The molecule has 0 fully saturated rings. The molecule has 0 spiro atoms. The molecule has 8 nitrogen and oxygen atoms in total. The van der Waals surface area contributed by atoms with Gasteiger partial charge < -0.3 is 15.4 Å². The maximum Gasteiger partial charge on any atom is 0.356 e. The van der Waals surface area contributed by atoms with Crippen LogP contribution in [-0.4, -0.2) is 41.7 Å². The molecular weight excluding hydrogens is 252 g/mol. The monoisotopic (exact) mass is 268 g/mol. The number of aryl methyl sites for hydroxylation is 1. The molecule has 19 heavy (non-hydrogen) atoms. The van der Waals surface area contributed by atoms with Gasteiger partial charge in [0.05, 0.1) is 7.11 Å². The van der Waals surface area contributed by atoms with Crippen molar-refractivity contribution in [1.82, 2.24) is 15.1 Å². The summed E-state index contributed by atoms with van der Waals surface area (Å²) in [6, 6.07) is 0. The second-order valence-electron chi connectivity index (χ2n) is 3.81. The van der Waals surface area contributed by atoms with Gasteiger partial charge in [-0.3, -0.25) is 14.3 Å². The summed E-state index contributed by atoms with van der Waals surface area (Å²) in [6.45, 7) is 1.91. The number of rotatable bonds is 6. The largest absolute Gasteiger partial charge is 0.464 e. The van der Waals surface area contributed by atoms with E-state index >= 15 is 0 Å². The van der Waals surface area contributed by atoms with Crippen LogP contribution in [0.2, 0.25) is 0 Å². The van der Waals surface area contributed by atoms with Crippen LogP contribution in [0.25, 0.3) is 0 Å². The molecule has 2 amide bonds. The third-order valence-corrected chi connectivity index (χ3v) is 2.50. The van der Waals surface area contributed by atoms with Crippen molar-refractivity contribution in [2.75, 3.05) is 19.0 Å². The first-order valence-corrected chi connectivity index (χ1v) is 5.60. The van der Waals surface area contributed by atoms with E-state index in [-0.39, 0.29) is 24.6 Å². The van der Waals surface area contributed by atoms with Crippen molar-refractivity contribution in [3.8, 4) is 0 Å². The summed E-state index contributed by atoms with van der Waals surface area (Å²) in [4.78, 5) is 33.1. The predicted octanol–water partition coefficient (Wildman–Crippen LogP) is -0.410. The zero-order valence-electron chi connectivity index (χ0n) is 11.0. The molecule has 2 N–H and O–H groups in total. The summed E-state index contributed by atoms with van der Waals surface area (Å²) in [7, 11) is 2.86. The average molecular weight is 268 g/mol. The van der Waals surface area contributed by atoms with Crippen molar-refractivity contribution in [3.05, 3.63) is 11.3 Å². The van der Waals surface area contributed by atoms with E-state index in [1.54, 1.807) is 14.0 Å². The average Bonchev–Trinajstić information content (AvgIpc) is 2.64. The van der Waals surface area contributed by atoms with Gasteiger partial charge in [-0.1, -0.05) is 0 Å². The number of aromatic nitrogens is 2. The molecule has 0 aliphatic rings. The van der Waals surface area contributed by atoms with Crippen LogP contribution in [0.15, 0.2) is 0 Å². The van der Waals surface area contributed by atoms with Crippen molar-refractivity contribution in [2.45, 2.75) is 13.3 Å². The first-order chi connectivity index (χ1) is 9.01. The number of methoxy groups -OCH3 is 1. The summed E-state index contributed by atoms with van der Waals surface area (Å²) in [5.41, 5.74) is 0.815. The number of nitrogens with zero attached hydrogens (tertiary/aromatic N) is 2. The van der Waals surface area contributed by atoms with Gasteiger partial charge >= 0.3 is 5.97 Å². The van der Waals surface area contributed by atoms with E-state index in [4.69, 9.17) is 0 Å². The SMILES string of the molecule is COC(=O)c1c(C)c(NC(=O)CCNC=O)nn1C. The fraction of sp³-hybridized carbons (Fsp3) is 0.455. The Morgan fingerprint density at radius 1 is 1.47 bits per heavy atom. The van der Waals surface area contributed by atoms with Crippen LogP contribution in [0.1, 0.15) is 22.5 Å². The number of nitrogens with one attached hydrogen (secondary N) is 2. The van der Waals surface area contributed by atoms with Gasteiger partial charge in [-0.05, 0) is 6.92 Å². The number of hydrogen-bond acceptors (Lipinski definition) is 5. The molecule has 0 atom stereocenters. The molecule has 0 unspecified atom stereocenters. The molecular formula is C11H16N4O4. The third kappa shape index (κ3) is 3.54. The summed E-state index contributed by atoms with van der Waals surface area (Å²) >= 11 is 0. The molecule has 0 saturated carbocycles. The summed E-state index contributed by atoms with van der Waals surface area (Å²) < 4.78 is 5.98. The molecule has 0 radical (unpaired) electrons. The highest BCUT2D eigenvalue weighted by molar-refractivity contribution is 5.95. The van der Waals surface area contributed by atoms with Crippen molar-refractivity contribution >= 4 is 24.1 Å². The lowest BCUT2D eigenvalue weighted by molar-refractivity contribution is -0.116. The highest BCUT2D eigenvalue weighted by Gasteiger charge is 2.20. The Morgan fingerprint density at radius 2 is 2.16 bits per heavy atom. The van der Waals surface area contributed by atoms with Gasteiger partial charge in [0.1, 0.15) is 0 Å². The van der Waals surface area contributed by atoms with Crippen LogP contribution in [0.4, 0.5) is 5.82 Å². The first-order valence-electron chi connectivity index (χ1n) is 5.60. The second-order valence-corrected chi connectivity index (χ2v) is 3.81. The van der Waals surface area contributed by atoms with Gasteiger partial charge in [0.2, 0.25) is 12.3 Å². The fourth-order valence-electron chi connectivity index (χ4n) is 1.57. The van der Waals surface area contributed by atoms with Gasteiger partial charge in [-0.15, -0.1) is 0 Å². The summed E-state index contributed by atoms with van der Waals surface area (Å²) in [6.07, 6.45) is 0.650. The molecule has 0 aliphatic carbocycles. The minimum absolute atomic E-state index is 0.127. The van der Waals surface area contributed by atoms with Crippen LogP contribution < -0.4 is 10.6 Å². The molecule has 0 aromatic carbocycles. The highest BCUT2D eigenvalue weighted by atomic mass is 16.5. The quantitative estimate of drug-likeness (QED) is 0.415. The number of ether oxygens (including phenoxy) is 1. The Labute approximate surface area is 110 Å². The normalized spacial score (nSPS) is 9.84. The van der Waals surface area contributed by atoms with Crippen molar-refractivity contribution in [2.24, 2.45) is 7.05 Å². The number of amides is 2. The number of carbonyl (C=O) groups is 3. The van der Waals surface area contributed by atoms with E-state index in [1.165, 1.54) is 11.8 Å². The number of anilines is 1. The number of hydrogen-bond donors (Lipinski definition) is 2. The van der Waals surface area contributed by atoms with E-state index in [9.17, 15) is 14.4 Å². The Morgan fingerprint density at radius 3 is 2.74 bits per heavy atom. The Kier molecular flexibility index (Phi) is 5.04. The smallest absolute Gasteiger partial charge is 0.356 e. The lowest BCUT2D eigenvalue weighted by Gasteiger charge is -2.02. The van der Waals surface area contributed by atoms with Crippen LogP contribution >= 0.6 is 0 Å². The van der Waals surface area contributed by atoms with Gasteiger partial charge in [0.25, 0.3) is 0 Å². The minimum Gasteiger partial charge on any atom is -0.464 e. The zero-order valence-corrected chi connectivity index (χ0v) is 11.0. The molecule has 0 bridgehead atoms. The van der Waals surface area contributed by atoms with Crippen LogP contribution in [0, 0.1) is 6.92 Å². The standard InChI is InChI=1S/C11H16N4O4/c1-7-9(11(18)19-3)15(2)14-10(7)13-8(17)4-5-12-6-16/h6H,4-5H2,1-3H3,(H,12,16)(H,13,14,17).